The summed E-state index contributed by atoms with van der Waals surface area (Å²) in [6.45, 7) is 0. The van der Waals surface area contributed by atoms with Crippen LogP contribution in [0.4, 0.5) is 0 Å². The summed E-state index contributed by atoms with van der Waals surface area (Å²) in [5.74, 6) is 0.457. The molecule has 5 rings (SSSR count). The molecule has 2 aliphatic rings. The summed E-state index contributed by atoms with van der Waals surface area (Å²) in [5, 5.41) is 14.5. The van der Waals surface area contributed by atoms with Crippen molar-refractivity contribution >= 4 is 23.1 Å². The monoisotopic (exact) mass is 389 g/mol. The highest BCUT2D eigenvalue weighted by Crippen LogP contribution is 2.44. The number of aromatic amines is 1. The van der Waals surface area contributed by atoms with Crippen LogP contribution in [0.3, 0.4) is 0 Å². The third kappa shape index (κ3) is 2.73. The number of oxime groups is 1. The Morgan fingerprint density at radius 1 is 1.21 bits per heavy atom. The van der Waals surface area contributed by atoms with Gasteiger partial charge in [-0.2, -0.15) is 5.10 Å². The Labute approximate surface area is 168 Å². The second-order valence-corrected chi connectivity index (χ2v) is 8.52. The van der Waals surface area contributed by atoms with Crippen LogP contribution in [0, 0.1) is 5.92 Å². The minimum atomic E-state index is -0.165. The van der Waals surface area contributed by atoms with Gasteiger partial charge in [0, 0.05) is 28.5 Å². The Bertz CT molecular complexity index is 1020. The number of hydrogen-bond donors (Lipinski definition) is 1. The zero-order valence-corrected chi connectivity index (χ0v) is 16.7. The highest BCUT2D eigenvalue weighted by molar-refractivity contribution is 7.10. The van der Waals surface area contributed by atoms with E-state index in [0.717, 1.165) is 41.9 Å². The Balaban J connectivity index is 1.59. The number of aromatic nitrogens is 2. The van der Waals surface area contributed by atoms with Gasteiger partial charge in [0.25, 0.3) is 0 Å². The Morgan fingerprint density at radius 2 is 2.07 bits per heavy atom. The highest BCUT2D eigenvalue weighted by atomic mass is 32.1. The Hall–Kier alpha value is -2.66. The molecule has 0 bridgehead atoms. The Morgan fingerprint density at radius 3 is 2.75 bits per heavy atom. The predicted octanol–water partition coefficient (Wildman–Crippen LogP) is 5.18. The van der Waals surface area contributed by atoms with Crippen molar-refractivity contribution in [1.29, 1.82) is 0 Å². The molecule has 1 saturated carbocycles. The normalized spacial score (nSPS) is 22.0. The van der Waals surface area contributed by atoms with Crippen LogP contribution in [0.15, 0.2) is 59.1 Å². The zero-order valence-electron chi connectivity index (χ0n) is 15.9. The van der Waals surface area contributed by atoms with E-state index >= 15 is 0 Å². The molecule has 1 fully saturated rings. The van der Waals surface area contributed by atoms with Gasteiger partial charge in [0.15, 0.2) is 0 Å². The summed E-state index contributed by atoms with van der Waals surface area (Å²) in [7, 11) is 1.62. The van der Waals surface area contributed by atoms with Crippen molar-refractivity contribution < 1.29 is 4.84 Å². The summed E-state index contributed by atoms with van der Waals surface area (Å²) in [5.41, 5.74) is 5.40. The van der Waals surface area contributed by atoms with Crippen molar-refractivity contribution in [1.82, 2.24) is 10.2 Å². The SMILES string of the molecule is CO/N=C(/c1n[nH]c2c1C=CC(c1ccccc1)(c1cccs1)C2)C1CCC1. The van der Waals surface area contributed by atoms with E-state index in [-0.39, 0.29) is 5.41 Å². The van der Waals surface area contributed by atoms with Gasteiger partial charge < -0.3 is 4.84 Å². The van der Waals surface area contributed by atoms with Crippen LogP contribution in [0.2, 0.25) is 0 Å². The average Bonchev–Trinajstić information content (AvgIpc) is 3.36. The molecule has 142 valence electrons. The number of thiophene rings is 1. The quantitative estimate of drug-likeness (QED) is 0.483. The second-order valence-electron chi connectivity index (χ2n) is 7.58. The van der Waals surface area contributed by atoms with Crippen molar-refractivity contribution in [3.8, 4) is 0 Å². The van der Waals surface area contributed by atoms with E-state index in [1.807, 2.05) is 11.3 Å². The van der Waals surface area contributed by atoms with E-state index in [2.05, 4.69) is 75.3 Å². The molecule has 1 unspecified atom stereocenters. The van der Waals surface area contributed by atoms with Gasteiger partial charge in [-0.05, 0) is 29.9 Å². The summed E-state index contributed by atoms with van der Waals surface area (Å²) < 4.78 is 0. The fraction of sp³-hybridized carbons (Fsp3) is 0.304. The topological polar surface area (TPSA) is 50.3 Å². The molecule has 0 spiro atoms. The van der Waals surface area contributed by atoms with Gasteiger partial charge in [0.05, 0.1) is 5.41 Å². The molecule has 1 atom stereocenters. The smallest absolute Gasteiger partial charge is 0.117 e. The summed E-state index contributed by atoms with van der Waals surface area (Å²) in [6, 6.07) is 15.1. The van der Waals surface area contributed by atoms with Crippen molar-refractivity contribution in [2.75, 3.05) is 7.11 Å². The van der Waals surface area contributed by atoms with Crippen molar-refractivity contribution in [3.05, 3.63) is 81.3 Å². The molecule has 0 radical (unpaired) electrons. The molecule has 0 aliphatic heterocycles. The molecule has 1 N–H and O–H groups in total. The van der Waals surface area contributed by atoms with Crippen LogP contribution in [0.5, 0.6) is 0 Å². The van der Waals surface area contributed by atoms with Gasteiger partial charge in [-0.1, -0.05) is 60.1 Å². The summed E-state index contributed by atoms with van der Waals surface area (Å²) >= 11 is 1.81. The van der Waals surface area contributed by atoms with E-state index in [1.54, 1.807) is 7.11 Å². The number of nitrogens with zero attached hydrogens (tertiary/aromatic N) is 2. The van der Waals surface area contributed by atoms with Gasteiger partial charge in [0.2, 0.25) is 0 Å². The lowest BCUT2D eigenvalue weighted by molar-refractivity contribution is 0.208. The predicted molar refractivity (Wildman–Crippen MR) is 114 cm³/mol. The molecule has 0 saturated heterocycles. The van der Waals surface area contributed by atoms with Crippen molar-refractivity contribution in [2.45, 2.75) is 31.1 Å². The lowest BCUT2D eigenvalue weighted by atomic mass is 9.71. The first-order valence-electron chi connectivity index (χ1n) is 9.79. The second kappa shape index (κ2) is 7.06. The van der Waals surface area contributed by atoms with Gasteiger partial charge in [-0.15, -0.1) is 11.3 Å². The van der Waals surface area contributed by atoms with E-state index in [0.29, 0.717) is 5.92 Å². The maximum Gasteiger partial charge on any atom is 0.117 e. The highest BCUT2D eigenvalue weighted by Gasteiger charge is 2.38. The summed E-state index contributed by atoms with van der Waals surface area (Å²) in [4.78, 5) is 6.51. The van der Waals surface area contributed by atoms with Crippen LogP contribution in [-0.4, -0.2) is 23.0 Å². The van der Waals surface area contributed by atoms with Crippen LogP contribution in [0.25, 0.3) is 6.08 Å². The molecule has 3 aromatic rings. The first-order valence-corrected chi connectivity index (χ1v) is 10.7. The third-order valence-electron chi connectivity index (χ3n) is 6.05. The molecule has 28 heavy (non-hydrogen) atoms. The number of benzene rings is 1. The fourth-order valence-electron chi connectivity index (χ4n) is 4.33. The third-order valence-corrected chi connectivity index (χ3v) is 7.09. The van der Waals surface area contributed by atoms with Crippen molar-refractivity contribution in [3.63, 3.8) is 0 Å². The standard InChI is InChI=1S/C23H23N3OS/c1-27-26-21(16-7-5-8-16)22-18-12-13-23(15-19(18)24-25-22,20-11-6-14-28-20)17-9-3-2-4-10-17/h2-4,6,9-14,16H,5,7-8,15H2,1H3,(H,24,25)/b26-21+. The van der Waals surface area contributed by atoms with Gasteiger partial charge in [0.1, 0.15) is 18.5 Å². The van der Waals surface area contributed by atoms with E-state index in [1.165, 1.54) is 16.9 Å². The Kier molecular flexibility index (Phi) is 4.40. The van der Waals surface area contributed by atoms with E-state index in [4.69, 9.17) is 4.84 Å². The fourth-order valence-corrected chi connectivity index (χ4v) is 5.26. The number of H-pyrrole nitrogens is 1. The molecule has 2 aliphatic carbocycles. The number of nitrogens with one attached hydrogen (secondary N) is 1. The lowest BCUT2D eigenvalue weighted by Gasteiger charge is -2.33. The number of hydrogen-bond acceptors (Lipinski definition) is 4. The first kappa shape index (κ1) is 17.4. The van der Waals surface area contributed by atoms with Crippen LogP contribution >= 0.6 is 11.3 Å². The maximum absolute atomic E-state index is 5.16. The number of fused-ring (bicyclic) bond motifs is 1. The summed E-state index contributed by atoms with van der Waals surface area (Å²) in [6.07, 6.45) is 9.02. The first-order chi connectivity index (χ1) is 13.8. The van der Waals surface area contributed by atoms with Crippen LogP contribution < -0.4 is 0 Å². The van der Waals surface area contributed by atoms with Gasteiger partial charge in [-0.25, -0.2) is 0 Å². The number of allylic oxidation sites excluding steroid dienone is 1. The minimum Gasteiger partial charge on any atom is -0.399 e. The average molecular weight is 390 g/mol. The molecule has 0 amide bonds. The van der Waals surface area contributed by atoms with E-state index in [9.17, 15) is 0 Å². The molecule has 1 aromatic carbocycles. The van der Waals surface area contributed by atoms with E-state index < -0.39 is 0 Å². The lowest BCUT2D eigenvalue weighted by Crippen LogP contribution is -2.30. The number of rotatable bonds is 5. The molecular weight excluding hydrogens is 366 g/mol. The zero-order chi connectivity index (χ0) is 19.0. The van der Waals surface area contributed by atoms with Crippen LogP contribution in [0.1, 0.15) is 46.7 Å². The maximum atomic E-state index is 5.16. The molecular formula is C23H23N3OS. The molecule has 4 nitrogen and oxygen atoms in total. The molecule has 5 heteroatoms. The van der Waals surface area contributed by atoms with Gasteiger partial charge >= 0.3 is 0 Å². The van der Waals surface area contributed by atoms with Gasteiger partial charge in [-0.3, -0.25) is 5.10 Å². The molecule has 2 heterocycles. The van der Waals surface area contributed by atoms with Crippen LogP contribution in [-0.2, 0) is 16.7 Å². The van der Waals surface area contributed by atoms with Crippen molar-refractivity contribution in [2.24, 2.45) is 11.1 Å². The molecule has 2 aromatic heterocycles. The largest absolute Gasteiger partial charge is 0.399 e. The minimum absolute atomic E-state index is 0.165.